The molecule has 0 bridgehead atoms. The first-order chi connectivity index (χ1) is 14.4. The highest BCUT2D eigenvalue weighted by Gasteiger charge is 2.30. The first kappa shape index (κ1) is 21.5. The molecule has 158 valence electrons. The van der Waals surface area contributed by atoms with Gasteiger partial charge in [0.05, 0.1) is 6.42 Å². The molecule has 2 aromatic carbocycles. The van der Waals surface area contributed by atoms with E-state index in [0.29, 0.717) is 19.4 Å². The van der Waals surface area contributed by atoms with Gasteiger partial charge in [0, 0.05) is 13.0 Å². The number of ether oxygens (including phenoxy) is 1. The summed E-state index contributed by atoms with van der Waals surface area (Å²) in [6, 6.07) is 12.7. The lowest BCUT2D eigenvalue weighted by atomic mass is 10.0. The number of benzene rings is 2. The minimum absolute atomic E-state index is 0.124. The van der Waals surface area contributed by atoms with Crippen LogP contribution in [0.15, 0.2) is 42.5 Å². The summed E-state index contributed by atoms with van der Waals surface area (Å²) in [4.78, 5) is 49.9. The Bertz CT molecular complexity index is 964. The minimum Gasteiger partial charge on any atom is -0.454 e. The zero-order valence-corrected chi connectivity index (χ0v) is 17.2. The number of carbonyl (C=O) groups is 4. The first-order valence-electron chi connectivity index (χ1n) is 10.1. The Morgan fingerprint density at radius 2 is 1.83 bits per heavy atom. The van der Waals surface area contributed by atoms with E-state index in [0.717, 1.165) is 21.2 Å². The van der Waals surface area contributed by atoms with Gasteiger partial charge in [-0.25, -0.2) is 4.79 Å². The highest BCUT2D eigenvalue weighted by atomic mass is 16.5. The second kappa shape index (κ2) is 9.52. The van der Waals surface area contributed by atoms with E-state index in [1.807, 2.05) is 42.5 Å². The molecule has 3 amide bonds. The molecule has 0 spiro atoms. The molecule has 0 saturated carbocycles. The lowest BCUT2D eigenvalue weighted by Gasteiger charge is -2.21. The Morgan fingerprint density at radius 1 is 1.10 bits per heavy atom. The third-order valence-electron chi connectivity index (χ3n) is 5.18. The normalized spacial score (nSPS) is 14.8. The van der Waals surface area contributed by atoms with Gasteiger partial charge in [-0.1, -0.05) is 56.3 Å². The second-order valence-corrected chi connectivity index (χ2v) is 7.75. The number of hydrogen-bond donors (Lipinski definition) is 1. The van der Waals surface area contributed by atoms with Gasteiger partial charge in [0.25, 0.3) is 5.91 Å². The van der Waals surface area contributed by atoms with Crippen LogP contribution < -0.4 is 5.32 Å². The SMILES string of the molecule is CC(C)[C@H](NC(=O)Cc1cccc2ccccc12)C(=O)OCC(=O)N1CCCC1=O. The Hall–Kier alpha value is -3.22. The highest BCUT2D eigenvalue weighted by Crippen LogP contribution is 2.19. The molecule has 30 heavy (non-hydrogen) atoms. The van der Waals surface area contributed by atoms with Crippen LogP contribution in [0.2, 0.25) is 0 Å². The molecule has 1 saturated heterocycles. The van der Waals surface area contributed by atoms with E-state index >= 15 is 0 Å². The van der Waals surface area contributed by atoms with Gasteiger partial charge in [0.15, 0.2) is 6.61 Å². The molecule has 2 aromatic rings. The number of esters is 1. The minimum atomic E-state index is -0.880. The molecular formula is C23H26N2O5. The predicted molar refractivity (Wildman–Crippen MR) is 111 cm³/mol. The largest absolute Gasteiger partial charge is 0.454 e. The van der Waals surface area contributed by atoms with Crippen LogP contribution in [0.3, 0.4) is 0 Å². The van der Waals surface area contributed by atoms with Gasteiger partial charge in [-0.2, -0.15) is 0 Å². The molecule has 1 atom stereocenters. The molecule has 0 radical (unpaired) electrons. The zero-order valence-electron chi connectivity index (χ0n) is 17.2. The summed E-state index contributed by atoms with van der Waals surface area (Å²) in [5.74, 6) is -1.99. The van der Waals surface area contributed by atoms with Crippen LogP contribution in [0, 0.1) is 5.92 Å². The molecule has 0 aliphatic carbocycles. The molecule has 3 rings (SSSR count). The van der Waals surface area contributed by atoms with Crippen LogP contribution in [0.5, 0.6) is 0 Å². The van der Waals surface area contributed by atoms with E-state index in [4.69, 9.17) is 4.74 Å². The van der Waals surface area contributed by atoms with Crippen molar-refractivity contribution in [3.8, 4) is 0 Å². The Morgan fingerprint density at radius 3 is 2.53 bits per heavy atom. The summed E-state index contributed by atoms with van der Waals surface area (Å²) in [7, 11) is 0. The maximum atomic E-state index is 12.6. The van der Waals surface area contributed by atoms with E-state index < -0.39 is 24.5 Å². The maximum absolute atomic E-state index is 12.6. The molecule has 1 aliphatic rings. The quantitative estimate of drug-likeness (QED) is 0.707. The summed E-state index contributed by atoms with van der Waals surface area (Å²) in [6.45, 7) is 3.42. The average molecular weight is 410 g/mol. The smallest absolute Gasteiger partial charge is 0.329 e. The molecule has 7 nitrogen and oxygen atoms in total. The number of nitrogens with zero attached hydrogens (tertiary/aromatic N) is 1. The summed E-state index contributed by atoms with van der Waals surface area (Å²) < 4.78 is 5.11. The Labute approximate surface area is 175 Å². The summed E-state index contributed by atoms with van der Waals surface area (Å²) in [5, 5.41) is 4.75. The van der Waals surface area contributed by atoms with Gasteiger partial charge in [0.1, 0.15) is 6.04 Å². The number of hydrogen-bond acceptors (Lipinski definition) is 5. The van der Waals surface area contributed by atoms with Gasteiger partial charge in [-0.05, 0) is 28.7 Å². The fourth-order valence-corrected chi connectivity index (χ4v) is 3.55. The van der Waals surface area contributed by atoms with Crippen molar-refractivity contribution < 1.29 is 23.9 Å². The van der Waals surface area contributed by atoms with Gasteiger partial charge >= 0.3 is 5.97 Å². The van der Waals surface area contributed by atoms with E-state index in [-0.39, 0.29) is 24.2 Å². The predicted octanol–water partition coefficient (Wildman–Crippen LogP) is 2.22. The first-order valence-corrected chi connectivity index (χ1v) is 10.1. The number of carbonyl (C=O) groups excluding carboxylic acids is 4. The summed E-state index contributed by atoms with van der Waals surface area (Å²) in [6.07, 6.45) is 1.08. The average Bonchev–Trinajstić information content (AvgIpc) is 3.16. The molecule has 1 N–H and O–H groups in total. The van der Waals surface area contributed by atoms with Crippen molar-refractivity contribution in [2.75, 3.05) is 13.2 Å². The number of fused-ring (bicyclic) bond motifs is 1. The molecular weight excluding hydrogens is 384 g/mol. The molecule has 7 heteroatoms. The van der Waals surface area contributed by atoms with Crippen molar-refractivity contribution in [1.82, 2.24) is 10.2 Å². The number of nitrogens with one attached hydrogen (secondary N) is 1. The molecule has 0 unspecified atom stereocenters. The zero-order chi connectivity index (χ0) is 21.7. The van der Waals surface area contributed by atoms with Crippen molar-refractivity contribution in [1.29, 1.82) is 0 Å². The monoisotopic (exact) mass is 410 g/mol. The number of likely N-dealkylation sites (tertiary alicyclic amines) is 1. The van der Waals surface area contributed by atoms with Crippen LogP contribution in [-0.4, -0.2) is 47.8 Å². The standard InChI is InChI=1S/C23H26N2O5/c1-15(2)22(23(29)30-14-21(28)25-12-6-11-20(25)27)24-19(26)13-17-9-5-8-16-7-3-4-10-18(16)17/h3-5,7-10,15,22H,6,11-14H2,1-2H3,(H,24,26)/t22-/m0/s1. The number of rotatable bonds is 7. The van der Waals surface area contributed by atoms with Crippen molar-refractivity contribution >= 4 is 34.5 Å². The van der Waals surface area contributed by atoms with Gasteiger partial charge < -0.3 is 10.1 Å². The third kappa shape index (κ3) is 5.03. The number of amides is 3. The van der Waals surface area contributed by atoms with Crippen molar-refractivity contribution in [3.63, 3.8) is 0 Å². The fourth-order valence-electron chi connectivity index (χ4n) is 3.55. The van der Waals surface area contributed by atoms with Gasteiger partial charge in [-0.3, -0.25) is 19.3 Å². The summed E-state index contributed by atoms with van der Waals surface area (Å²) >= 11 is 0. The van der Waals surface area contributed by atoms with E-state index in [9.17, 15) is 19.2 Å². The molecule has 1 heterocycles. The van der Waals surface area contributed by atoms with Crippen molar-refractivity contribution in [2.24, 2.45) is 5.92 Å². The van der Waals surface area contributed by atoms with E-state index in [2.05, 4.69) is 5.32 Å². The van der Waals surface area contributed by atoms with Gasteiger partial charge in [-0.15, -0.1) is 0 Å². The van der Waals surface area contributed by atoms with E-state index in [1.54, 1.807) is 13.8 Å². The lowest BCUT2D eigenvalue weighted by molar-refractivity contribution is -0.157. The Balaban J connectivity index is 1.60. The number of imide groups is 1. The second-order valence-electron chi connectivity index (χ2n) is 7.75. The van der Waals surface area contributed by atoms with E-state index in [1.165, 1.54) is 0 Å². The fraction of sp³-hybridized carbons (Fsp3) is 0.391. The van der Waals surface area contributed by atoms with Crippen LogP contribution in [-0.2, 0) is 30.3 Å². The summed E-state index contributed by atoms with van der Waals surface area (Å²) in [5.41, 5.74) is 0.865. The van der Waals surface area contributed by atoms with Crippen LogP contribution in [0.4, 0.5) is 0 Å². The molecule has 0 aromatic heterocycles. The lowest BCUT2D eigenvalue weighted by Crippen LogP contribution is -2.47. The van der Waals surface area contributed by atoms with Gasteiger partial charge in [0.2, 0.25) is 11.8 Å². The van der Waals surface area contributed by atoms with Crippen LogP contribution in [0.1, 0.15) is 32.3 Å². The van der Waals surface area contributed by atoms with Crippen molar-refractivity contribution in [2.45, 2.75) is 39.2 Å². The van der Waals surface area contributed by atoms with Crippen LogP contribution >= 0.6 is 0 Å². The topological polar surface area (TPSA) is 92.8 Å². The van der Waals surface area contributed by atoms with Crippen LogP contribution in [0.25, 0.3) is 10.8 Å². The third-order valence-corrected chi connectivity index (χ3v) is 5.18. The highest BCUT2D eigenvalue weighted by molar-refractivity contribution is 5.98. The molecule has 1 aliphatic heterocycles. The molecule has 1 fully saturated rings. The maximum Gasteiger partial charge on any atom is 0.329 e. The van der Waals surface area contributed by atoms with Crippen molar-refractivity contribution in [3.05, 3.63) is 48.0 Å². The Kier molecular flexibility index (Phi) is 6.82.